The molecule has 0 aliphatic rings. The first-order chi connectivity index (χ1) is 15.2. The van der Waals surface area contributed by atoms with Gasteiger partial charge in [-0.2, -0.15) is 0 Å². The van der Waals surface area contributed by atoms with Crippen molar-refractivity contribution in [2.75, 3.05) is 11.4 Å². The van der Waals surface area contributed by atoms with Crippen LogP contribution in [0.4, 0.5) is 17.1 Å². The van der Waals surface area contributed by atoms with E-state index in [0.29, 0.717) is 5.69 Å². The molecule has 0 saturated carbocycles. The molecule has 0 radical (unpaired) electrons. The molecule has 3 aromatic rings. The second kappa shape index (κ2) is 9.77. The van der Waals surface area contributed by atoms with Gasteiger partial charge in [0.05, 0.1) is 29.0 Å². The first-order valence-electron chi connectivity index (χ1n) is 9.03. The fourth-order valence-corrected chi connectivity index (χ4v) is 3.73. The second-order valence-corrected chi connectivity index (χ2v) is 7.74. The van der Waals surface area contributed by atoms with E-state index in [2.05, 4.69) is 0 Å². The molecule has 1 atom stereocenters. The van der Waals surface area contributed by atoms with Crippen LogP contribution >= 0.6 is 11.6 Å². The Morgan fingerprint density at radius 2 is 1.72 bits per heavy atom. The van der Waals surface area contributed by atoms with Crippen LogP contribution in [0, 0.1) is 17.0 Å². The number of rotatable bonds is 7. The van der Waals surface area contributed by atoms with E-state index in [0.717, 1.165) is 9.87 Å². The van der Waals surface area contributed by atoms with Crippen LogP contribution in [0.15, 0.2) is 60.7 Å². The van der Waals surface area contributed by atoms with Crippen LogP contribution in [0.3, 0.4) is 0 Å². The number of carbonyl (C=O) groups excluding carboxylic acids is 1. The summed E-state index contributed by atoms with van der Waals surface area (Å²) < 4.78 is 33.6. The lowest BCUT2D eigenvalue weighted by molar-refractivity contribution is -0.384. The molecule has 0 heterocycles. The number of halogens is 1. The summed E-state index contributed by atoms with van der Waals surface area (Å²) in [6, 6.07) is 14.9. The maximum absolute atomic E-state index is 12.4. The largest absolute Gasteiger partial charge is 0.465 e. The van der Waals surface area contributed by atoms with Crippen molar-refractivity contribution in [2.45, 2.75) is 6.92 Å². The number of methoxy groups -OCH3 is 1. The minimum absolute atomic E-state index is 0.0269. The molecular formula is C21H17ClN2O7S. The smallest absolute Gasteiger partial charge is 0.340 e. The highest BCUT2D eigenvalue weighted by molar-refractivity contribution is 7.81. The lowest BCUT2D eigenvalue weighted by Gasteiger charge is -2.23. The summed E-state index contributed by atoms with van der Waals surface area (Å²) in [5, 5.41) is 10.8. The van der Waals surface area contributed by atoms with E-state index >= 15 is 0 Å². The molecule has 0 aliphatic heterocycles. The molecule has 0 fully saturated rings. The van der Waals surface area contributed by atoms with Crippen molar-refractivity contribution in [2.24, 2.45) is 0 Å². The van der Waals surface area contributed by atoms with Crippen LogP contribution in [0.2, 0.25) is 5.02 Å². The van der Waals surface area contributed by atoms with Gasteiger partial charge in [-0.3, -0.25) is 14.7 Å². The highest BCUT2D eigenvalue weighted by Crippen LogP contribution is 2.36. The van der Waals surface area contributed by atoms with E-state index in [1.807, 2.05) is 6.92 Å². The third-order valence-electron chi connectivity index (χ3n) is 4.37. The molecule has 1 unspecified atom stereocenters. The molecule has 0 aromatic heterocycles. The van der Waals surface area contributed by atoms with Crippen molar-refractivity contribution in [1.29, 1.82) is 0 Å². The zero-order chi connectivity index (χ0) is 23.4. The number of anilines is 2. The number of ether oxygens (including phenoxy) is 2. The van der Waals surface area contributed by atoms with Gasteiger partial charge in [-0.25, -0.2) is 13.3 Å². The zero-order valence-electron chi connectivity index (χ0n) is 16.9. The molecule has 9 nitrogen and oxygen atoms in total. The van der Waals surface area contributed by atoms with Crippen LogP contribution in [0.5, 0.6) is 11.5 Å². The minimum atomic E-state index is -2.49. The van der Waals surface area contributed by atoms with E-state index in [9.17, 15) is 23.7 Å². The normalized spacial score (nSPS) is 11.5. The number of carbonyl (C=O) groups is 1. The summed E-state index contributed by atoms with van der Waals surface area (Å²) in [7, 11) is 1.18. The maximum Gasteiger partial charge on any atom is 0.340 e. The lowest BCUT2D eigenvalue weighted by atomic mass is 10.1. The van der Waals surface area contributed by atoms with E-state index in [1.54, 1.807) is 24.3 Å². The Morgan fingerprint density at radius 3 is 2.28 bits per heavy atom. The molecule has 32 heavy (non-hydrogen) atoms. The first kappa shape index (κ1) is 23.2. The van der Waals surface area contributed by atoms with Crippen LogP contribution in [0.1, 0.15) is 15.9 Å². The molecule has 0 spiro atoms. The average Bonchev–Trinajstić information content (AvgIpc) is 2.75. The molecule has 0 amide bonds. The number of nitro benzene ring substituents is 1. The van der Waals surface area contributed by atoms with E-state index in [1.165, 1.54) is 43.5 Å². The summed E-state index contributed by atoms with van der Waals surface area (Å²) >= 11 is 3.42. The lowest BCUT2D eigenvalue weighted by Crippen LogP contribution is -2.22. The van der Waals surface area contributed by atoms with Crippen molar-refractivity contribution in [3.8, 4) is 11.5 Å². The van der Waals surface area contributed by atoms with Gasteiger partial charge in [0, 0.05) is 12.1 Å². The van der Waals surface area contributed by atoms with Gasteiger partial charge in [0.25, 0.3) is 17.0 Å². The minimum Gasteiger partial charge on any atom is -0.465 e. The van der Waals surface area contributed by atoms with Crippen molar-refractivity contribution in [3.05, 3.63) is 86.9 Å². The highest BCUT2D eigenvalue weighted by Gasteiger charge is 2.24. The molecule has 11 heteroatoms. The van der Waals surface area contributed by atoms with Gasteiger partial charge in [0.15, 0.2) is 0 Å². The van der Waals surface area contributed by atoms with Crippen LogP contribution in [-0.2, 0) is 16.0 Å². The third-order valence-corrected chi connectivity index (χ3v) is 5.39. The summed E-state index contributed by atoms with van der Waals surface area (Å²) in [4.78, 5) is 22.7. The number of nitro groups is 1. The van der Waals surface area contributed by atoms with Gasteiger partial charge < -0.3 is 9.47 Å². The molecular weight excluding hydrogens is 460 g/mol. The first-order valence-corrected chi connectivity index (χ1v) is 10.5. The van der Waals surface area contributed by atoms with Crippen molar-refractivity contribution in [1.82, 2.24) is 0 Å². The monoisotopic (exact) mass is 476 g/mol. The Balaban J connectivity index is 2.03. The molecule has 3 rings (SSSR count). The van der Waals surface area contributed by atoms with E-state index in [4.69, 9.17) is 21.1 Å². The number of benzene rings is 3. The Labute approximate surface area is 190 Å². The van der Waals surface area contributed by atoms with Crippen molar-refractivity contribution >= 4 is 45.9 Å². The Bertz CT molecular complexity index is 1200. The van der Waals surface area contributed by atoms with Gasteiger partial charge in [-0.15, -0.1) is 0 Å². The van der Waals surface area contributed by atoms with Gasteiger partial charge in [0.2, 0.25) is 0 Å². The van der Waals surface area contributed by atoms with E-state index < -0.39 is 22.2 Å². The summed E-state index contributed by atoms with van der Waals surface area (Å²) in [5.74, 6) is -0.369. The summed E-state index contributed by atoms with van der Waals surface area (Å²) in [5.41, 5.74) is 1.16. The fraction of sp³-hybridized carbons (Fsp3) is 0.0952. The second-order valence-electron chi connectivity index (χ2n) is 6.50. The van der Waals surface area contributed by atoms with Crippen LogP contribution in [-0.4, -0.2) is 26.8 Å². The quantitative estimate of drug-likeness (QED) is 0.209. The number of hydrogen-bond acceptors (Lipinski definition) is 6. The van der Waals surface area contributed by atoms with E-state index in [-0.39, 0.29) is 33.5 Å². The molecule has 166 valence electrons. The van der Waals surface area contributed by atoms with Gasteiger partial charge in [-0.1, -0.05) is 29.3 Å². The number of hydrogen-bond donors (Lipinski definition) is 1. The molecule has 0 saturated heterocycles. The van der Waals surface area contributed by atoms with Crippen LogP contribution < -0.4 is 9.04 Å². The Morgan fingerprint density at radius 1 is 1.09 bits per heavy atom. The number of nitrogens with zero attached hydrogens (tertiary/aromatic N) is 2. The predicted octanol–water partition coefficient (Wildman–Crippen LogP) is 5.41. The number of esters is 1. The molecule has 0 bridgehead atoms. The SMILES string of the molecule is COC(=O)c1cc(Oc2ccc([N+](=O)[O-])c(Cl)c2)ccc1N(c1ccc(C)cc1)S(=O)O. The molecule has 1 N–H and O–H groups in total. The summed E-state index contributed by atoms with van der Waals surface area (Å²) in [6.07, 6.45) is 0. The van der Waals surface area contributed by atoms with Gasteiger partial charge in [0.1, 0.15) is 16.5 Å². The number of aryl methyl sites for hydroxylation is 1. The standard InChI is InChI=1S/C21H17ClN2O7S/c1-13-3-5-14(6-4-13)23(32(28)29)19-9-7-15(11-17(19)21(25)30-2)31-16-8-10-20(24(26)27)18(22)12-16/h3-12H,1-2H3,(H,28,29). The third kappa shape index (κ3) is 5.05. The van der Waals surface area contributed by atoms with Crippen molar-refractivity contribution in [3.63, 3.8) is 0 Å². The zero-order valence-corrected chi connectivity index (χ0v) is 18.4. The predicted molar refractivity (Wildman–Crippen MR) is 120 cm³/mol. The highest BCUT2D eigenvalue weighted by atomic mass is 35.5. The fourth-order valence-electron chi connectivity index (χ4n) is 2.86. The topological polar surface area (TPSA) is 119 Å². The maximum atomic E-state index is 12.4. The average molecular weight is 477 g/mol. The van der Waals surface area contributed by atoms with Crippen LogP contribution in [0.25, 0.3) is 0 Å². The Hall–Kier alpha value is -3.47. The summed E-state index contributed by atoms with van der Waals surface area (Å²) in [6.45, 7) is 1.88. The van der Waals surface area contributed by atoms with Crippen molar-refractivity contribution < 1.29 is 28.0 Å². The Kier molecular flexibility index (Phi) is 7.08. The molecule has 0 aliphatic carbocycles. The molecule has 3 aromatic carbocycles. The van der Waals surface area contributed by atoms with Gasteiger partial charge in [-0.05, 0) is 43.3 Å². The van der Waals surface area contributed by atoms with Gasteiger partial charge >= 0.3 is 5.97 Å².